The van der Waals surface area contributed by atoms with E-state index in [2.05, 4.69) is 172 Å². The first-order valence-corrected chi connectivity index (χ1v) is 28.2. The zero-order valence-corrected chi connectivity index (χ0v) is 41.4. The number of nitrogens with zero attached hydrogens (tertiary/aromatic N) is 4. The third kappa shape index (κ3) is 9.38. The standard InChI is InChI=1S/C35H28N3O.C19H26GeN.Ir/c1-22-17-19-26-25-13-10-14-27(32(25)39-34(26)36-22)33-37-29-15-8-9-16-31(29)38(33)30-20-18-24(21-28(30)35(2,3)4)23-11-6-5-7-12-23;1-19(2,3)13-16-12-18(15-10-8-7-9-11-15)21-14-17(16)20(4,5)6;/h5-13,15-21H,1-4H3;7-10,12,14H,13H2,1-6H3;/q2*-1;. The molecular formula is C54H54GeIrN4O-2. The van der Waals surface area contributed by atoms with E-state index in [1.165, 1.54) is 26.6 Å². The van der Waals surface area contributed by atoms with Crippen molar-refractivity contribution in [3.63, 3.8) is 0 Å². The molecule has 61 heavy (non-hydrogen) atoms. The summed E-state index contributed by atoms with van der Waals surface area (Å²) in [6.07, 6.45) is 3.24. The number of fused-ring (bicyclic) bond motifs is 4. The van der Waals surface area contributed by atoms with Gasteiger partial charge in [0.15, 0.2) is 0 Å². The zero-order valence-electron chi connectivity index (χ0n) is 36.9. The number of aromatic nitrogens is 4. The topological polar surface area (TPSA) is 56.7 Å². The molecule has 1 radical (unpaired) electrons. The summed E-state index contributed by atoms with van der Waals surface area (Å²) < 4.78 is 10.2. The number of pyridine rings is 2. The molecule has 0 atom stereocenters. The monoisotopic (exact) mass is 1040 g/mol. The molecule has 0 saturated heterocycles. The normalized spacial score (nSPS) is 12.0. The minimum atomic E-state index is -1.90. The molecule has 4 aromatic heterocycles. The van der Waals surface area contributed by atoms with Crippen molar-refractivity contribution in [2.75, 3.05) is 0 Å². The Morgan fingerprint density at radius 3 is 2.15 bits per heavy atom. The van der Waals surface area contributed by atoms with Crippen LogP contribution in [-0.4, -0.2) is 32.8 Å². The van der Waals surface area contributed by atoms with Crippen molar-refractivity contribution in [3.8, 4) is 39.5 Å². The molecule has 0 saturated carbocycles. The molecule has 0 amide bonds. The smallest absolute Gasteiger partial charge is 0.216 e. The number of benzene rings is 5. The van der Waals surface area contributed by atoms with E-state index in [9.17, 15) is 0 Å². The molecule has 0 aliphatic heterocycles. The summed E-state index contributed by atoms with van der Waals surface area (Å²) in [5.41, 5.74) is 13.6. The number of rotatable bonds is 6. The number of hydrogen-bond acceptors (Lipinski definition) is 4. The zero-order chi connectivity index (χ0) is 42.4. The quantitative estimate of drug-likeness (QED) is 0.123. The fourth-order valence-electron chi connectivity index (χ4n) is 8.05. The molecule has 5 aromatic carbocycles. The van der Waals surface area contributed by atoms with Crippen molar-refractivity contribution in [2.24, 2.45) is 5.41 Å². The van der Waals surface area contributed by atoms with Crippen LogP contribution in [0.1, 0.15) is 58.4 Å². The molecule has 7 heteroatoms. The minimum Gasteiger partial charge on any atom is -0.486 e. The van der Waals surface area contributed by atoms with Crippen molar-refractivity contribution in [2.45, 2.75) is 77.6 Å². The molecule has 9 rings (SSSR count). The summed E-state index contributed by atoms with van der Waals surface area (Å²) in [7, 11) is 0. The second-order valence-corrected chi connectivity index (χ2v) is 29.7. The summed E-state index contributed by atoms with van der Waals surface area (Å²) in [6.45, 7) is 15.7. The fourth-order valence-corrected chi connectivity index (χ4v) is 11.4. The first-order chi connectivity index (χ1) is 28.5. The molecule has 4 heterocycles. The Morgan fingerprint density at radius 2 is 1.44 bits per heavy atom. The Kier molecular flexibility index (Phi) is 12.5. The van der Waals surface area contributed by atoms with Crippen LogP contribution in [0.25, 0.3) is 72.6 Å². The van der Waals surface area contributed by atoms with Gasteiger partial charge in [-0.15, -0.1) is 18.2 Å². The van der Waals surface area contributed by atoms with Crippen LogP contribution in [0.3, 0.4) is 0 Å². The first kappa shape index (κ1) is 43.9. The summed E-state index contributed by atoms with van der Waals surface area (Å²) in [5.74, 6) is 8.13. The van der Waals surface area contributed by atoms with Gasteiger partial charge >= 0.3 is 132 Å². The van der Waals surface area contributed by atoms with Gasteiger partial charge in [-0.25, -0.2) is 4.98 Å². The Morgan fingerprint density at radius 1 is 0.705 bits per heavy atom. The van der Waals surface area contributed by atoms with Crippen molar-refractivity contribution >= 4 is 50.8 Å². The fraction of sp³-hybridized carbons (Fsp3) is 0.241. The second-order valence-electron chi connectivity index (χ2n) is 19.1. The predicted octanol–water partition coefficient (Wildman–Crippen LogP) is 13.7. The average molecular weight is 1040 g/mol. The van der Waals surface area contributed by atoms with Crippen molar-refractivity contribution in [3.05, 3.63) is 163 Å². The molecule has 0 spiro atoms. The van der Waals surface area contributed by atoms with Crippen molar-refractivity contribution in [1.29, 1.82) is 0 Å². The third-order valence-corrected chi connectivity index (χ3v) is 15.2. The van der Waals surface area contributed by atoms with E-state index in [-0.39, 0.29) is 25.5 Å². The van der Waals surface area contributed by atoms with E-state index < -0.39 is 13.3 Å². The molecule has 311 valence electrons. The molecule has 0 aliphatic rings. The molecule has 0 unspecified atom stereocenters. The van der Waals surface area contributed by atoms with Gasteiger partial charge in [-0.2, -0.15) is 0 Å². The molecule has 0 bridgehead atoms. The van der Waals surface area contributed by atoms with Gasteiger partial charge in [0, 0.05) is 36.9 Å². The first-order valence-electron chi connectivity index (χ1n) is 20.9. The van der Waals surface area contributed by atoms with Crippen LogP contribution in [0, 0.1) is 24.5 Å². The van der Waals surface area contributed by atoms with Gasteiger partial charge in [-0.3, -0.25) is 4.98 Å². The van der Waals surface area contributed by atoms with Crippen LogP contribution in [0.15, 0.2) is 138 Å². The van der Waals surface area contributed by atoms with E-state index in [1.54, 1.807) is 0 Å². The van der Waals surface area contributed by atoms with Crippen LogP contribution in [0.5, 0.6) is 0 Å². The average Bonchev–Trinajstić information content (AvgIpc) is 3.78. The summed E-state index contributed by atoms with van der Waals surface area (Å²) in [4.78, 5) is 14.5. The molecule has 0 fully saturated rings. The molecule has 0 N–H and O–H groups in total. The SMILES string of the molecule is CC(C)(C)Cc1cc(-c2[c-]cccc2)nc[c]1[Ge]([CH3])([CH3])[CH3].Cc1ccc2c(n1)oc1c(-c3nc4ccccc4n3-c3ccc(-c4ccccc4)cc3C(C)(C)C)[c-]ccc12.[Ir]. The third-order valence-electron chi connectivity index (χ3n) is 10.9. The molecule has 9 aromatic rings. The molecule has 5 nitrogen and oxygen atoms in total. The van der Waals surface area contributed by atoms with E-state index in [1.807, 2.05) is 49.4 Å². The number of furan rings is 1. The summed E-state index contributed by atoms with van der Waals surface area (Å²) in [5, 5.41) is 2.01. The van der Waals surface area contributed by atoms with Gasteiger partial charge in [0.25, 0.3) is 0 Å². The van der Waals surface area contributed by atoms with Crippen LogP contribution >= 0.6 is 0 Å². The Bertz CT molecular complexity index is 2970. The largest absolute Gasteiger partial charge is 0.486 e. The number of aryl methyl sites for hydroxylation is 1. The van der Waals surface area contributed by atoms with Crippen molar-refractivity contribution < 1.29 is 24.5 Å². The van der Waals surface area contributed by atoms with Gasteiger partial charge in [-0.1, -0.05) is 80.3 Å². The van der Waals surface area contributed by atoms with Crippen LogP contribution in [-0.2, 0) is 31.9 Å². The number of para-hydroxylation sites is 2. The maximum absolute atomic E-state index is 6.38. The van der Waals surface area contributed by atoms with Crippen molar-refractivity contribution in [1.82, 2.24) is 19.5 Å². The number of imidazole rings is 1. The minimum absolute atomic E-state index is 0. The van der Waals surface area contributed by atoms with E-state index in [0.29, 0.717) is 11.1 Å². The maximum atomic E-state index is 6.38. The van der Waals surface area contributed by atoms with Crippen LogP contribution < -0.4 is 4.40 Å². The van der Waals surface area contributed by atoms with Crippen LogP contribution in [0.2, 0.25) is 17.3 Å². The molecule has 0 aliphatic carbocycles. The van der Waals surface area contributed by atoms with E-state index >= 15 is 0 Å². The van der Waals surface area contributed by atoms with E-state index in [4.69, 9.17) is 14.4 Å². The summed E-state index contributed by atoms with van der Waals surface area (Å²) in [6, 6.07) is 50.8. The van der Waals surface area contributed by atoms with E-state index in [0.717, 1.165) is 67.8 Å². The molecular weight excluding hydrogens is 985 g/mol. The Balaban J connectivity index is 0.000000217. The Labute approximate surface area is 377 Å². The van der Waals surface area contributed by atoms with Gasteiger partial charge in [0.1, 0.15) is 0 Å². The second kappa shape index (κ2) is 17.3. The van der Waals surface area contributed by atoms with Gasteiger partial charge < -0.3 is 8.98 Å². The Hall–Kier alpha value is -5.14. The maximum Gasteiger partial charge on any atom is 0.216 e. The van der Waals surface area contributed by atoms with Gasteiger partial charge in [-0.05, 0) is 65.4 Å². The van der Waals surface area contributed by atoms with Crippen LogP contribution in [0.4, 0.5) is 0 Å². The summed E-state index contributed by atoms with van der Waals surface area (Å²) >= 11 is -1.90. The van der Waals surface area contributed by atoms with Gasteiger partial charge in [0.2, 0.25) is 5.71 Å². The van der Waals surface area contributed by atoms with Gasteiger partial charge in [0.05, 0.1) is 22.4 Å². The number of hydrogen-bond donors (Lipinski definition) is 0. The predicted molar refractivity (Wildman–Crippen MR) is 254 cm³/mol.